The third-order valence-corrected chi connectivity index (χ3v) is 15.9. The summed E-state index contributed by atoms with van der Waals surface area (Å²) in [7, 11) is 1.61. The topological polar surface area (TPSA) is 216 Å². The number of halogens is 2. The predicted octanol–water partition coefficient (Wildman–Crippen LogP) is 5.38. The molecule has 6 heterocycles. The molecule has 3 atom stereocenters. The molecule has 0 radical (unpaired) electrons. The van der Waals surface area contributed by atoms with Gasteiger partial charge >= 0.3 is 0 Å². The number of piperidine rings is 2. The number of likely N-dealkylation sites (tertiary alicyclic amines) is 3. The second-order valence-corrected chi connectivity index (χ2v) is 22.7. The third-order valence-electron chi connectivity index (χ3n) is 14.9. The number of nitrogens with one attached hydrogen (secondary N) is 4. The molecule has 0 bridgehead atoms. The van der Waals surface area contributed by atoms with Gasteiger partial charge in [0.25, 0.3) is 5.92 Å². The largest absolute Gasteiger partial charge is 0.493 e. The maximum absolute atomic E-state index is 14.2. The van der Waals surface area contributed by atoms with Crippen molar-refractivity contribution in [3.63, 3.8) is 0 Å². The maximum Gasteiger partial charge on any atom is 0.251 e. The molecule has 4 amide bonds. The van der Waals surface area contributed by atoms with Gasteiger partial charge < -0.3 is 60.2 Å². The number of aromatic nitrogens is 3. The Morgan fingerprint density at radius 1 is 0.896 bits per heavy atom. The maximum atomic E-state index is 14.2. The number of aliphatic hydroxyl groups excluding tert-OH is 1. The summed E-state index contributed by atoms with van der Waals surface area (Å²) >= 11 is 1.56. The van der Waals surface area contributed by atoms with Crippen molar-refractivity contribution in [3.05, 3.63) is 53.2 Å². The number of ether oxygens (including phenoxy) is 3. The number of hydrogen-bond donors (Lipinski definition) is 5. The number of anilines is 2. The molecule has 4 fully saturated rings. The number of thiazole rings is 1. The molecule has 4 aromatic rings. The Balaban J connectivity index is 0.756. The van der Waals surface area contributed by atoms with Crippen LogP contribution in [0.1, 0.15) is 89.8 Å². The van der Waals surface area contributed by atoms with Crippen molar-refractivity contribution in [2.75, 3.05) is 103 Å². The summed E-state index contributed by atoms with van der Waals surface area (Å²) < 4.78 is 45.9. The molecule has 22 heteroatoms. The molecule has 4 saturated heterocycles. The standard InChI is InChI=1S/C55H77F2N11O8S/c1-36-48(77-35-60-36)38-12-10-37(11-13-38)31-59-51(72)43-28-40(69)32-68(43)52(73)49(54(2,3)4)63-47(71)34-75-33-46(70)58-18-8-21-66-23-14-39(15-24-66)61-50-41-29-44(74-5)45(76-27-9-22-65-19-6-7-20-65)30-42(41)62-53(64-50)67-25-16-55(56,57)17-26-67/h10-13,29-30,35,39-40,43,49,69H,6-9,14-28,31-34H2,1-5H3,(H,58,70)(H,59,72)(H,63,71)(H,61,62,64)/t40-,43+,49-/m1/s1. The minimum atomic E-state index is -2.70. The van der Waals surface area contributed by atoms with Crippen molar-refractivity contribution in [1.82, 2.24) is 45.6 Å². The van der Waals surface area contributed by atoms with Crippen LogP contribution < -0.4 is 35.6 Å². The van der Waals surface area contributed by atoms with Gasteiger partial charge in [0.15, 0.2) is 11.5 Å². The lowest BCUT2D eigenvalue weighted by atomic mass is 9.85. The van der Waals surface area contributed by atoms with Crippen LogP contribution in [-0.2, 0) is 30.5 Å². The molecule has 420 valence electrons. The minimum absolute atomic E-state index is 0.0562. The molecule has 77 heavy (non-hydrogen) atoms. The molecule has 2 aromatic carbocycles. The molecule has 0 aliphatic carbocycles. The third kappa shape index (κ3) is 15.7. The number of aryl methyl sites for hydroxylation is 1. The molecule has 0 unspecified atom stereocenters. The number of benzene rings is 2. The molecular formula is C55H77F2N11O8S. The zero-order valence-corrected chi connectivity index (χ0v) is 46.0. The summed E-state index contributed by atoms with van der Waals surface area (Å²) in [6.07, 6.45) is 4.36. The second kappa shape index (κ2) is 26.2. The van der Waals surface area contributed by atoms with E-state index >= 15 is 0 Å². The number of amides is 4. The quantitative estimate of drug-likeness (QED) is 0.0590. The average Bonchev–Trinajstić information content (AvgIpc) is 4.20. The SMILES string of the molecule is COc1cc2c(NC3CCN(CCCNC(=O)COCC(=O)N[C@H](C(=O)N4C[C@H](O)C[C@H]4C(=O)NCc4ccc(-c5scnc5C)cc4)C(C)(C)C)CC3)nc(N3CCC(F)(F)CC3)nc2cc1OCCCN1CCCC1. The average molecular weight is 1090 g/mol. The van der Waals surface area contributed by atoms with Gasteiger partial charge in [-0.1, -0.05) is 45.0 Å². The summed E-state index contributed by atoms with van der Waals surface area (Å²) in [6, 6.07) is 9.70. The van der Waals surface area contributed by atoms with E-state index in [4.69, 9.17) is 24.2 Å². The van der Waals surface area contributed by atoms with Crippen LogP contribution in [0.15, 0.2) is 41.9 Å². The van der Waals surface area contributed by atoms with E-state index in [1.165, 1.54) is 17.7 Å². The highest BCUT2D eigenvalue weighted by molar-refractivity contribution is 7.13. The Morgan fingerprint density at radius 2 is 1.60 bits per heavy atom. The van der Waals surface area contributed by atoms with Crippen molar-refractivity contribution >= 4 is 57.6 Å². The number of nitrogens with zero attached hydrogens (tertiary/aromatic N) is 7. The fraction of sp³-hybridized carbons (Fsp3) is 0.618. The first-order valence-electron chi connectivity index (χ1n) is 27.2. The summed E-state index contributed by atoms with van der Waals surface area (Å²) in [5.74, 6) is -2.39. The molecule has 4 aliphatic heterocycles. The van der Waals surface area contributed by atoms with Crippen LogP contribution in [0.5, 0.6) is 11.5 Å². The summed E-state index contributed by atoms with van der Waals surface area (Å²) in [5, 5.41) is 23.6. The van der Waals surface area contributed by atoms with Crippen LogP contribution in [0, 0.1) is 12.3 Å². The second-order valence-electron chi connectivity index (χ2n) is 21.9. The van der Waals surface area contributed by atoms with Crippen molar-refractivity contribution in [2.45, 2.75) is 122 Å². The first-order valence-corrected chi connectivity index (χ1v) is 28.1. The first-order chi connectivity index (χ1) is 36.9. The summed E-state index contributed by atoms with van der Waals surface area (Å²) in [5.41, 5.74) is 4.54. The molecule has 4 aliphatic rings. The van der Waals surface area contributed by atoms with Crippen molar-refractivity contribution in [3.8, 4) is 21.9 Å². The number of hydrogen-bond acceptors (Lipinski definition) is 16. The van der Waals surface area contributed by atoms with Crippen molar-refractivity contribution < 1.29 is 47.3 Å². The summed E-state index contributed by atoms with van der Waals surface area (Å²) in [6.45, 7) is 13.6. The van der Waals surface area contributed by atoms with Crippen LogP contribution >= 0.6 is 11.3 Å². The summed E-state index contributed by atoms with van der Waals surface area (Å²) in [4.78, 5) is 76.6. The van der Waals surface area contributed by atoms with E-state index in [0.29, 0.717) is 48.4 Å². The minimum Gasteiger partial charge on any atom is -0.493 e. The van der Waals surface area contributed by atoms with Gasteiger partial charge in [0.1, 0.15) is 31.1 Å². The van der Waals surface area contributed by atoms with Gasteiger partial charge in [0.2, 0.25) is 29.6 Å². The zero-order valence-electron chi connectivity index (χ0n) is 45.2. The molecule has 0 saturated carbocycles. The number of alkyl halides is 2. The number of carbonyl (C=O) groups is 4. The van der Waals surface area contributed by atoms with E-state index < -0.39 is 53.9 Å². The predicted molar refractivity (Wildman–Crippen MR) is 291 cm³/mol. The van der Waals surface area contributed by atoms with E-state index in [-0.39, 0.29) is 64.0 Å². The van der Waals surface area contributed by atoms with Gasteiger partial charge in [-0.2, -0.15) is 4.98 Å². The van der Waals surface area contributed by atoms with Gasteiger partial charge in [-0.25, -0.2) is 18.7 Å². The molecule has 0 spiro atoms. The zero-order chi connectivity index (χ0) is 54.7. The van der Waals surface area contributed by atoms with Gasteiger partial charge in [-0.05, 0) is 87.7 Å². The smallest absolute Gasteiger partial charge is 0.251 e. The number of carbonyl (C=O) groups excluding carboxylic acids is 4. The molecule has 19 nitrogen and oxygen atoms in total. The number of aliphatic hydroxyl groups is 1. The van der Waals surface area contributed by atoms with Crippen LogP contribution in [0.25, 0.3) is 21.3 Å². The van der Waals surface area contributed by atoms with Gasteiger partial charge in [-0.15, -0.1) is 11.3 Å². The number of fused-ring (bicyclic) bond motifs is 1. The number of rotatable bonds is 23. The van der Waals surface area contributed by atoms with E-state index in [9.17, 15) is 33.1 Å². The molecular weight excluding hydrogens is 1010 g/mol. The highest BCUT2D eigenvalue weighted by atomic mass is 32.1. The van der Waals surface area contributed by atoms with E-state index in [1.54, 1.807) is 44.7 Å². The first kappa shape index (κ1) is 57.4. The monoisotopic (exact) mass is 1090 g/mol. The highest BCUT2D eigenvalue weighted by Gasteiger charge is 2.44. The highest BCUT2D eigenvalue weighted by Crippen LogP contribution is 2.38. The Kier molecular flexibility index (Phi) is 19.5. The van der Waals surface area contributed by atoms with E-state index in [2.05, 4.69) is 36.1 Å². The number of β-amino-alcohol motifs (C(OH)–C–C–N with tert-alkyl or cyclic N) is 1. The van der Waals surface area contributed by atoms with Crippen LogP contribution in [0.4, 0.5) is 20.5 Å². The molecule has 5 N–H and O–H groups in total. The Hall–Kier alpha value is -5.81. The number of methoxy groups -OCH3 is 1. The normalized spacial score (nSPS) is 19.8. The lowest BCUT2D eigenvalue weighted by Gasteiger charge is -2.35. The Bertz CT molecular complexity index is 2630. The van der Waals surface area contributed by atoms with Gasteiger partial charge in [0.05, 0.1) is 41.4 Å². The lowest BCUT2D eigenvalue weighted by Crippen LogP contribution is -2.58. The van der Waals surface area contributed by atoms with E-state index in [0.717, 1.165) is 85.6 Å². The Labute approximate surface area is 454 Å². The lowest BCUT2D eigenvalue weighted by molar-refractivity contribution is -0.145. The van der Waals surface area contributed by atoms with Crippen LogP contribution in [-0.4, -0.2) is 181 Å². The Morgan fingerprint density at radius 3 is 2.29 bits per heavy atom. The molecule has 8 rings (SSSR count). The van der Waals surface area contributed by atoms with Crippen LogP contribution in [0.2, 0.25) is 0 Å². The van der Waals surface area contributed by atoms with Gasteiger partial charge in [0, 0.05) is 89.1 Å². The van der Waals surface area contributed by atoms with Gasteiger partial charge in [-0.3, -0.25) is 19.2 Å². The molecule has 2 aromatic heterocycles. The fourth-order valence-corrected chi connectivity index (χ4v) is 11.3. The fourth-order valence-electron chi connectivity index (χ4n) is 10.5. The van der Waals surface area contributed by atoms with Crippen LogP contribution in [0.3, 0.4) is 0 Å². The van der Waals surface area contributed by atoms with Crippen molar-refractivity contribution in [2.24, 2.45) is 5.41 Å². The van der Waals surface area contributed by atoms with E-state index in [1.807, 2.05) is 48.2 Å². The van der Waals surface area contributed by atoms with Crippen molar-refractivity contribution in [1.29, 1.82) is 0 Å².